The van der Waals surface area contributed by atoms with Gasteiger partial charge in [-0.25, -0.2) is 0 Å². The van der Waals surface area contributed by atoms with E-state index in [1.807, 2.05) is 0 Å². The van der Waals surface area contributed by atoms with Crippen LogP contribution in [0.15, 0.2) is 23.8 Å². The number of likely N-dealkylation sites (tertiary alicyclic amines) is 1. The van der Waals surface area contributed by atoms with Gasteiger partial charge in [-0.2, -0.15) is 0 Å². The molecule has 0 aromatic rings. The molecule has 1 saturated carbocycles. The lowest BCUT2D eigenvalue weighted by atomic mass is 9.92. The second kappa shape index (κ2) is 4.44. The van der Waals surface area contributed by atoms with Crippen molar-refractivity contribution in [2.24, 2.45) is 5.92 Å². The number of hydrogen-bond donors (Lipinski definition) is 0. The third-order valence-corrected chi connectivity index (χ3v) is 13.8. The predicted molar refractivity (Wildman–Crippen MR) is 91.2 cm³/mol. The highest BCUT2D eigenvalue weighted by Gasteiger charge is 2.67. The summed E-state index contributed by atoms with van der Waals surface area (Å²) in [6.07, 6.45) is 4.85. The molecule has 2 amide bonds. The van der Waals surface area contributed by atoms with Crippen LogP contribution in [0.3, 0.4) is 0 Å². The van der Waals surface area contributed by atoms with E-state index in [1.54, 1.807) is 6.08 Å². The molecule has 3 nitrogen and oxygen atoms in total. The van der Waals surface area contributed by atoms with Gasteiger partial charge in [0, 0.05) is 17.7 Å². The molecule has 3 aliphatic rings. The van der Waals surface area contributed by atoms with E-state index in [0.717, 1.165) is 30.4 Å². The van der Waals surface area contributed by atoms with Crippen LogP contribution in [0.25, 0.3) is 0 Å². The van der Waals surface area contributed by atoms with Crippen LogP contribution in [0.1, 0.15) is 40.0 Å². The largest absolute Gasteiger partial charge is 0.271 e. The van der Waals surface area contributed by atoms with Crippen LogP contribution < -0.4 is 0 Å². The standard InChI is InChI=1S/C18H27NO2Si/c1-7-10-19-15(20)13-12-8-9-18(11-12,14(13)16(19)21)22(5,6)17(2,3)4/h7,12H,1,8-11H2,2-6H3. The second-order valence-electron chi connectivity index (χ2n) is 8.70. The van der Waals surface area contributed by atoms with Crippen molar-refractivity contribution in [3.8, 4) is 0 Å². The van der Waals surface area contributed by atoms with E-state index in [4.69, 9.17) is 0 Å². The minimum absolute atomic E-state index is 0.00604. The van der Waals surface area contributed by atoms with E-state index in [-0.39, 0.29) is 21.9 Å². The quantitative estimate of drug-likeness (QED) is 0.450. The molecule has 120 valence electrons. The Morgan fingerprint density at radius 2 is 1.95 bits per heavy atom. The monoisotopic (exact) mass is 317 g/mol. The smallest absolute Gasteiger partial charge is 0.257 e. The van der Waals surface area contributed by atoms with E-state index in [1.165, 1.54) is 4.90 Å². The van der Waals surface area contributed by atoms with Crippen molar-refractivity contribution in [1.29, 1.82) is 0 Å². The zero-order valence-electron chi connectivity index (χ0n) is 14.5. The van der Waals surface area contributed by atoms with Gasteiger partial charge in [-0.1, -0.05) is 39.9 Å². The fraction of sp³-hybridized carbons (Fsp3) is 0.667. The van der Waals surface area contributed by atoms with Crippen LogP contribution in [0.4, 0.5) is 0 Å². The van der Waals surface area contributed by atoms with Crippen LogP contribution in [-0.2, 0) is 9.59 Å². The SMILES string of the molecule is C=CCN1C(=O)C2=C(C1=O)C1([Si](C)(C)C(C)(C)C)CCC2C1. The Bertz CT molecular complexity index is 611. The molecule has 1 heterocycles. The van der Waals surface area contributed by atoms with Gasteiger partial charge in [0.1, 0.15) is 0 Å². The van der Waals surface area contributed by atoms with Crippen LogP contribution in [0.5, 0.6) is 0 Å². The average Bonchev–Trinajstić information content (AvgIpc) is 3.05. The molecule has 1 fully saturated rings. The maximum Gasteiger partial charge on any atom is 0.257 e. The lowest BCUT2D eigenvalue weighted by molar-refractivity contribution is -0.137. The summed E-state index contributed by atoms with van der Waals surface area (Å²) in [5.41, 5.74) is 1.77. The van der Waals surface area contributed by atoms with Gasteiger partial charge in [0.15, 0.2) is 0 Å². The van der Waals surface area contributed by atoms with Crippen LogP contribution in [0, 0.1) is 5.92 Å². The molecule has 22 heavy (non-hydrogen) atoms. The number of rotatable bonds is 3. The van der Waals surface area contributed by atoms with Crippen molar-refractivity contribution in [2.75, 3.05) is 6.54 Å². The van der Waals surface area contributed by atoms with Crippen molar-refractivity contribution in [1.82, 2.24) is 4.90 Å². The van der Waals surface area contributed by atoms with Crippen molar-refractivity contribution in [2.45, 2.75) is 63.2 Å². The fourth-order valence-electron chi connectivity index (χ4n) is 4.85. The molecule has 2 bridgehead atoms. The summed E-state index contributed by atoms with van der Waals surface area (Å²) in [5, 5.41) is 0.202. The van der Waals surface area contributed by atoms with Crippen LogP contribution in [-0.4, -0.2) is 31.3 Å². The average molecular weight is 318 g/mol. The number of carbonyl (C=O) groups excluding carboxylic acids is 2. The Morgan fingerprint density at radius 1 is 1.32 bits per heavy atom. The zero-order valence-corrected chi connectivity index (χ0v) is 15.5. The van der Waals surface area contributed by atoms with E-state index in [0.29, 0.717) is 12.5 Å². The zero-order chi connectivity index (χ0) is 16.5. The highest BCUT2D eigenvalue weighted by Crippen LogP contribution is 2.72. The molecular weight excluding hydrogens is 290 g/mol. The van der Waals surface area contributed by atoms with Gasteiger partial charge in [-0.3, -0.25) is 14.5 Å². The molecule has 4 heteroatoms. The molecule has 0 aromatic heterocycles. The Labute approximate surface area is 134 Å². The first-order valence-electron chi connectivity index (χ1n) is 8.30. The predicted octanol–water partition coefficient (Wildman–Crippen LogP) is 3.90. The molecule has 3 rings (SSSR count). The molecule has 0 spiro atoms. The molecule has 1 aliphatic heterocycles. The first kappa shape index (κ1) is 15.7. The Kier molecular flexibility index (Phi) is 3.17. The van der Waals surface area contributed by atoms with Gasteiger partial charge in [-0.05, 0) is 35.3 Å². The van der Waals surface area contributed by atoms with Gasteiger partial charge in [-0.15, -0.1) is 6.58 Å². The summed E-state index contributed by atoms with van der Waals surface area (Å²) in [5.74, 6) is 0.257. The first-order valence-corrected chi connectivity index (χ1v) is 11.3. The fourth-order valence-corrected chi connectivity index (χ4v) is 8.68. The van der Waals surface area contributed by atoms with Crippen molar-refractivity contribution >= 4 is 19.9 Å². The number of imide groups is 1. The molecule has 0 aromatic carbocycles. The molecule has 0 radical (unpaired) electrons. The lowest BCUT2D eigenvalue weighted by Crippen LogP contribution is -2.50. The van der Waals surface area contributed by atoms with E-state index in [2.05, 4.69) is 40.4 Å². The van der Waals surface area contributed by atoms with Gasteiger partial charge < -0.3 is 0 Å². The highest BCUT2D eigenvalue weighted by atomic mass is 28.3. The topological polar surface area (TPSA) is 37.4 Å². The second-order valence-corrected chi connectivity index (χ2v) is 14.4. The Morgan fingerprint density at radius 3 is 2.50 bits per heavy atom. The molecular formula is C18H27NO2Si. The summed E-state index contributed by atoms with van der Waals surface area (Å²) >= 11 is 0. The summed E-state index contributed by atoms with van der Waals surface area (Å²) in [4.78, 5) is 27.1. The lowest BCUT2D eigenvalue weighted by Gasteiger charge is -2.50. The Balaban J connectivity index is 2.13. The summed E-state index contributed by atoms with van der Waals surface area (Å²) in [6, 6.07) is 0. The van der Waals surface area contributed by atoms with Gasteiger partial charge in [0.05, 0.1) is 8.07 Å². The summed E-state index contributed by atoms with van der Waals surface area (Å²) in [6.45, 7) is 15.8. The van der Waals surface area contributed by atoms with Crippen molar-refractivity contribution in [3.63, 3.8) is 0 Å². The van der Waals surface area contributed by atoms with Crippen LogP contribution in [0.2, 0.25) is 23.2 Å². The molecule has 2 aliphatic carbocycles. The number of hydrogen-bond acceptors (Lipinski definition) is 2. The van der Waals surface area contributed by atoms with Gasteiger partial charge in [0.25, 0.3) is 11.8 Å². The van der Waals surface area contributed by atoms with E-state index in [9.17, 15) is 9.59 Å². The molecule has 2 atom stereocenters. The maximum atomic E-state index is 13.0. The summed E-state index contributed by atoms with van der Waals surface area (Å²) in [7, 11) is -1.77. The number of fused-ring (bicyclic) bond motifs is 4. The highest BCUT2D eigenvalue weighted by molar-refractivity contribution is 6.84. The third-order valence-electron chi connectivity index (χ3n) is 6.99. The molecule has 0 N–H and O–H groups in total. The third kappa shape index (κ3) is 1.62. The number of carbonyl (C=O) groups is 2. The minimum Gasteiger partial charge on any atom is -0.271 e. The van der Waals surface area contributed by atoms with E-state index < -0.39 is 8.07 Å². The molecule has 0 saturated heterocycles. The van der Waals surface area contributed by atoms with Gasteiger partial charge >= 0.3 is 0 Å². The summed E-state index contributed by atoms with van der Waals surface area (Å²) < 4.78 is 0. The van der Waals surface area contributed by atoms with E-state index >= 15 is 0 Å². The maximum absolute atomic E-state index is 13.0. The van der Waals surface area contributed by atoms with Crippen molar-refractivity contribution < 1.29 is 9.59 Å². The number of nitrogens with zero attached hydrogens (tertiary/aromatic N) is 1. The van der Waals surface area contributed by atoms with Crippen LogP contribution >= 0.6 is 0 Å². The normalized spacial score (nSPS) is 31.3. The first-order chi connectivity index (χ1) is 10.1. The molecule has 2 unspecified atom stereocenters. The number of amides is 2. The Hall–Kier alpha value is -1.16. The van der Waals surface area contributed by atoms with Crippen molar-refractivity contribution in [3.05, 3.63) is 23.8 Å². The van der Waals surface area contributed by atoms with Gasteiger partial charge in [0.2, 0.25) is 0 Å². The minimum atomic E-state index is -1.77.